The van der Waals surface area contributed by atoms with E-state index in [9.17, 15) is 0 Å². The number of hydrogen-bond acceptors (Lipinski definition) is 6. The SMILES string of the molecule is CCCCOCCOCCOCCOC(C)C(N)=NO. The van der Waals surface area contributed by atoms with E-state index in [0.717, 1.165) is 19.4 Å². The molecule has 0 saturated carbocycles. The molecule has 0 fully saturated rings. The number of nitrogens with two attached hydrogens (primary N) is 1. The van der Waals surface area contributed by atoms with Gasteiger partial charge in [0.1, 0.15) is 6.10 Å². The minimum atomic E-state index is -0.417. The first-order chi connectivity index (χ1) is 9.72. The number of nitrogens with zero attached hydrogens (tertiary/aromatic N) is 1. The monoisotopic (exact) mass is 292 g/mol. The van der Waals surface area contributed by atoms with Crippen molar-refractivity contribution in [3.05, 3.63) is 0 Å². The van der Waals surface area contributed by atoms with Crippen LogP contribution in [0.5, 0.6) is 0 Å². The van der Waals surface area contributed by atoms with E-state index in [1.165, 1.54) is 0 Å². The first-order valence-corrected chi connectivity index (χ1v) is 7.04. The summed E-state index contributed by atoms with van der Waals surface area (Å²) in [7, 11) is 0. The molecule has 0 aromatic heterocycles. The third-order valence-electron chi connectivity index (χ3n) is 2.51. The molecule has 120 valence electrons. The van der Waals surface area contributed by atoms with E-state index >= 15 is 0 Å². The van der Waals surface area contributed by atoms with Gasteiger partial charge >= 0.3 is 0 Å². The number of hydrogen-bond donors (Lipinski definition) is 2. The van der Waals surface area contributed by atoms with Crippen molar-refractivity contribution in [2.45, 2.75) is 32.8 Å². The predicted molar refractivity (Wildman–Crippen MR) is 76.2 cm³/mol. The fraction of sp³-hybridized carbons (Fsp3) is 0.923. The Balaban J connectivity index is 3.13. The predicted octanol–water partition coefficient (Wildman–Crippen LogP) is 0.988. The molecule has 0 spiro atoms. The zero-order valence-electron chi connectivity index (χ0n) is 12.5. The van der Waals surface area contributed by atoms with E-state index in [2.05, 4.69) is 12.1 Å². The normalized spacial score (nSPS) is 13.6. The van der Waals surface area contributed by atoms with Gasteiger partial charge in [0.2, 0.25) is 0 Å². The van der Waals surface area contributed by atoms with E-state index in [1.54, 1.807) is 6.92 Å². The van der Waals surface area contributed by atoms with Crippen LogP contribution < -0.4 is 5.73 Å². The first kappa shape index (κ1) is 19.1. The van der Waals surface area contributed by atoms with Crippen LogP contribution in [0, 0.1) is 0 Å². The molecule has 1 atom stereocenters. The van der Waals surface area contributed by atoms with Crippen molar-refractivity contribution in [1.29, 1.82) is 0 Å². The van der Waals surface area contributed by atoms with Gasteiger partial charge in [-0.3, -0.25) is 0 Å². The minimum Gasteiger partial charge on any atom is -0.409 e. The number of amidine groups is 1. The Kier molecular flexibility index (Phi) is 13.9. The lowest BCUT2D eigenvalue weighted by molar-refractivity contribution is -0.00616. The molecule has 0 radical (unpaired) electrons. The van der Waals surface area contributed by atoms with Crippen LogP contribution in [-0.4, -0.2) is 63.4 Å². The zero-order chi connectivity index (χ0) is 15.1. The number of ether oxygens (including phenoxy) is 4. The second kappa shape index (κ2) is 14.5. The van der Waals surface area contributed by atoms with E-state index in [-0.39, 0.29) is 5.84 Å². The van der Waals surface area contributed by atoms with Crippen molar-refractivity contribution in [2.75, 3.05) is 46.2 Å². The van der Waals surface area contributed by atoms with E-state index in [4.69, 9.17) is 29.9 Å². The Bertz CT molecular complexity index is 239. The second-order valence-electron chi connectivity index (χ2n) is 4.23. The molecular weight excluding hydrogens is 264 g/mol. The van der Waals surface area contributed by atoms with Crippen LogP contribution in [-0.2, 0) is 18.9 Å². The smallest absolute Gasteiger partial charge is 0.168 e. The van der Waals surface area contributed by atoms with Crippen LogP contribution in [0.25, 0.3) is 0 Å². The third kappa shape index (κ3) is 12.2. The summed E-state index contributed by atoms with van der Waals surface area (Å²) in [6.45, 7) is 7.72. The van der Waals surface area contributed by atoms with Gasteiger partial charge in [0, 0.05) is 6.61 Å². The van der Waals surface area contributed by atoms with Gasteiger partial charge in [-0.1, -0.05) is 18.5 Å². The van der Waals surface area contributed by atoms with Gasteiger partial charge < -0.3 is 29.9 Å². The van der Waals surface area contributed by atoms with Gasteiger partial charge in [0.25, 0.3) is 0 Å². The van der Waals surface area contributed by atoms with Crippen molar-refractivity contribution in [2.24, 2.45) is 10.9 Å². The molecule has 0 aromatic rings. The highest BCUT2D eigenvalue weighted by atomic mass is 16.6. The van der Waals surface area contributed by atoms with Crippen molar-refractivity contribution in [1.82, 2.24) is 0 Å². The van der Waals surface area contributed by atoms with Gasteiger partial charge in [-0.05, 0) is 13.3 Å². The molecule has 0 rings (SSSR count). The molecule has 0 amide bonds. The summed E-state index contributed by atoms with van der Waals surface area (Å²) in [6.07, 6.45) is 1.82. The second-order valence-corrected chi connectivity index (χ2v) is 4.23. The summed E-state index contributed by atoms with van der Waals surface area (Å²) in [5.74, 6) is 0.0522. The fourth-order valence-electron chi connectivity index (χ4n) is 1.24. The largest absolute Gasteiger partial charge is 0.409 e. The van der Waals surface area contributed by atoms with Crippen molar-refractivity contribution >= 4 is 5.84 Å². The zero-order valence-corrected chi connectivity index (χ0v) is 12.5. The molecule has 0 aliphatic rings. The molecule has 0 bridgehead atoms. The van der Waals surface area contributed by atoms with E-state index in [0.29, 0.717) is 39.6 Å². The maximum absolute atomic E-state index is 8.42. The number of unbranched alkanes of at least 4 members (excludes halogenated alkanes) is 1. The Morgan fingerprint density at radius 3 is 2.00 bits per heavy atom. The highest BCUT2D eigenvalue weighted by Crippen LogP contribution is 1.91. The highest BCUT2D eigenvalue weighted by molar-refractivity contribution is 5.83. The van der Waals surface area contributed by atoms with Crippen molar-refractivity contribution in [3.63, 3.8) is 0 Å². The quantitative estimate of drug-likeness (QED) is 0.163. The molecule has 0 saturated heterocycles. The van der Waals surface area contributed by atoms with Gasteiger partial charge in [0.05, 0.1) is 39.6 Å². The lowest BCUT2D eigenvalue weighted by Gasteiger charge is -2.11. The van der Waals surface area contributed by atoms with Crippen LogP contribution in [0.15, 0.2) is 5.16 Å². The summed E-state index contributed by atoms with van der Waals surface area (Å²) in [5.41, 5.74) is 5.36. The maximum atomic E-state index is 8.42. The van der Waals surface area contributed by atoms with Gasteiger partial charge in [-0.25, -0.2) is 0 Å². The van der Waals surface area contributed by atoms with Crippen molar-refractivity contribution in [3.8, 4) is 0 Å². The average molecular weight is 292 g/mol. The topological polar surface area (TPSA) is 95.5 Å². The van der Waals surface area contributed by atoms with Crippen LogP contribution in [0.3, 0.4) is 0 Å². The summed E-state index contributed by atoms with van der Waals surface area (Å²) in [4.78, 5) is 0. The van der Waals surface area contributed by atoms with Crippen molar-refractivity contribution < 1.29 is 24.2 Å². The molecule has 20 heavy (non-hydrogen) atoms. The Hall–Kier alpha value is -0.890. The average Bonchev–Trinajstić information content (AvgIpc) is 2.47. The summed E-state index contributed by atoms with van der Waals surface area (Å²) in [6, 6.07) is 0. The van der Waals surface area contributed by atoms with E-state index < -0.39 is 6.10 Å². The molecule has 0 aliphatic carbocycles. The third-order valence-corrected chi connectivity index (χ3v) is 2.51. The van der Waals surface area contributed by atoms with Gasteiger partial charge in [-0.2, -0.15) is 0 Å². The molecule has 0 aromatic carbocycles. The molecule has 7 nitrogen and oxygen atoms in total. The number of rotatable bonds is 14. The summed E-state index contributed by atoms with van der Waals surface area (Å²) in [5, 5.41) is 11.3. The molecule has 1 unspecified atom stereocenters. The number of oxime groups is 1. The Labute approximate surface area is 121 Å². The first-order valence-electron chi connectivity index (χ1n) is 7.04. The molecule has 7 heteroatoms. The summed E-state index contributed by atoms with van der Waals surface area (Å²) < 4.78 is 21.3. The minimum absolute atomic E-state index is 0.0522. The van der Waals surface area contributed by atoms with Crippen LogP contribution in [0.1, 0.15) is 26.7 Å². The Morgan fingerprint density at radius 2 is 1.50 bits per heavy atom. The van der Waals surface area contributed by atoms with Gasteiger partial charge in [0.15, 0.2) is 5.84 Å². The molecular formula is C13H28N2O5. The fourth-order valence-corrected chi connectivity index (χ4v) is 1.24. The molecule has 3 N–H and O–H groups in total. The van der Waals surface area contributed by atoms with Crippen LogP contribution in [0.4, 0.5) is 0 Å². The molecule has 0 aliphatic heterocycles. The standard InChI is InChI=1S/C13H28N2O5/c1-3-4-5-17-6-7-18-8-9-19-10-11-20-12(2)13(14)15-16/h12,16H,3-11H2,1-2H3,(H2,14,15). The van der Waals surface area contributed by atoms with E-state index in [1.807, 2.05) is 0 Å². The molecule has 0 heterocycles. The maximum Gasteiger partial charge on any atom is 0.168 e. The highest BCUT2D eigenvalue weighted by Gasteiger charge is 2.06. The van der Waals surface area contributed by atoms with Gasteiger partial charge in [-0.15, -0.1) is 0 Å². The van der Waals surface area contributed by atoms with Crippen LogP contribution in [0.2, 0.25) is 0 Å². The lowest BCUT2D eigenvalue weighted by atomic mass is 10.4. The van der Waals surface area contributed by atoms with Crippen LogP contribution >= 0.6 is 0 Å². The Morgan fingerprint density at radius 1 is 1.00 bits per heavy atom. The summed E-state index contributed by atoms with van der Waals surface area (Å²) >= 11 is 0. The lowest BCUT2D eigenvalue weighted by Crippen LogP contribution is -2.29.